The monoisotopic (exact) mass is 532 g/mol. The Bertz CT molecular complexity index is 1100. The number of allylic oxidation sites excluding steroid dienone is 1. The molecule has 0 radical (unpaired) electrons. The molecule has 7 aliphatic rings. The van der Waals surface area contributed by atoms with Gasteiger partial charge in [-0.15, -0.1) is 0 Å². The molecule has 2 saturated heterocycles. The molecule has 0 aromatic heterocycles. The van der Waals surface area contributed by atoms with Crippen molar-refractivity contribution in [1.82, 2.24) is 0 Å². The van der Waals surface area contributed by atoms with Crippen molar-refractivity contribution in [2.24, 2.45) is 28.6 Å². The molecule has 3 aliphatic heterocycles. The second-order valence-electron chi connectivity index (χ2n) is 13.5. The molecule has 0 spiro atoms. The molecule has 0 aromatic rings. The van der Waals surface area contributed by atoms with E-state index < -0.39 is 41.4 Å². The van der Waals surface area contributed by atoms with E-state index in [0.29, 0.717) is 25.7 Å². The molecular weight excluding hydrogens is 492 g/mol. The fourth-order valence-electron chi connectivity index (χ4n) is 9.75. The predicted molar refractivity (Wildman–Crippen MR) is 132 cm³/mol. The van der Waals surface area contributed by atoms with Gasteiger partial charge in [0.05, 0.1) is 30.0 Å². The van der Waals surface area contributed by atoms with Crippen molar-refractivity contribution in [1.29, 1.82) is 0 Å². The van der Waals surface area contributed by atoms with E-state index in [0.717, 1.165) is 18.4 Å². The van der Waals surface area contributed by atoms with Gasteiger partial charge < -0.3 is 39.4 Å². The van der Waals surface area contributed by atoms with E-state index in [9.17, 15) is 25.2 Å². The van der Waals surface area contributed by atoms with Crippen LogP contribution in [0.2, 0.25) is 0 Å². The third-order valence-corrected chi connectivity index (χ3v) is 11.8. The summed E-state index contributed by atoms with van der Waals surface area (Å²) in [6.45, 7) is 6.37. The number of carbonyl (C=O) groups excluding carboxylic acids is 1. The highest BCUT2D eigenvalue weighted by atomic mass is 16.8. The molecule has 7 rings (SSSR count). The summed E-state index contributed by atoms with van der Waals surface area (Å²) >= 11 is 0. The van der Waals surface area contributed by atoms with Crippen molar-refractivity contribution in [2.45, 2.75) is 114 Å². The zero-order valence-electron chi connectivity index (χ0n) is 22.3. The third kappa shape index (κ3) is 3.15. The van der Waals surface area contributed by atoms with Gasteiger partial charge in [-0.25, -0.2) is 4.79 Å². The highest BCUT2D eigenvalue weighted by Gasteiger charge is 2.71. The predicted octanol–water partition coefficient (Wildman–Crippen LogP) is 1.71. The highest BCUT2D eigenvalue weighted by molar-refractivity contribution is 5.85. The van der Waals surface area contributed by atoms with Gasteiger partial charge in [-0.3, -0.25) is 0 Å². The van der Waals surface area contributed by atoms with Crippen molar-refractivity contribution in [2.75, 3.05) is 6.61 Å². The second kappa shape index (κ2) is 8.12. The number of fused-ring (bicyclic) bond motifs is 7. The number of hydrogen-bond donors (Lipinski definition) is 4. The van der Waals surface area contributed by atoms with Gasteiger partial charge in [-0.2, -0.15) is 0 Å². The van der Waals surface area contributed by atoms with Crippen LogP contribution in [-0.4, -0.2) is 81.2 Å². The average Bonchev–Trinajstić information content (AvgIpc) is 3.36. The Hall–Kier alpha value is -1.33. The van der Waals surface area contributed by atoms with Crippen molar-refractivity contribution < 1.29 is 44.2 Å². The molecule has 0 amide bonds. The first-order valence-corrected chi connectivity index (χ1v) is 14.3. The van der Waals surface area contributed by atoms with Crippen molar-refractivity contribution in [3.63, 3.8) is 0 Å². The van der Waals surface area contributed by atoms with Gasteiger partial charge in [0.15, 0.2) is 0 Å². The average molecular weight is 533 g/mol. The summed E-state index contributed by atoms with van der Waals surface area (Å²) in [5.41, 5.74) is -0.0363. The Kier molecular flexibility index (Phi) is 5.48. The molecule has 9 heteroatoms. The lowest BCUT2D eigenvalue weighted by Gasteiger charge is -2.63. The normalized spacial score (nSPS) is 57.4. The number of aliphatic hydroxyl groups is 4. The van der Waals surface area contributed by atoms with Gasteiger partial charge in [0.2, 0.25) is 12.1 Å². The summed E-state index contributed by atoms with van der Waals surface area (Å²) in [6.07, 6.45) is 3.92. The molecule has 38 heavy (non-hydrogen) atoms. The fourth-order valence-corrected chi connectivity index (χ4v) is 9.75. The molecule has 9 nitrogen and oxygen atoms in total. The number of rotatable bonds is 1. The van der Waals surface area contributed by atoms with Gasteiger partial charge in [0.1, 0.15) is 12.7 Å². The minimum absolute atomic E-state index is 0.105. The van der Waals surface area contributed by atoms with E-state index in [4.69, 9.17) is 18.9 Å². The van der Waals surface area contributed by atoms with Crippen LogP contribution in [0.15, 0.2) is 23.3 Å². The molecule has 3 heterocycles. The first-order valence-electron chi connectivity index (χ1n) is 14.3. The smallest absolute Gasteiger partial charge is 0.331 e. The van der Waals surface area contributed by atoms with E-state index in [1.807, 2.05) is 6.92 Å². The minimum Gasteiger partial charge on any atom is -0.458 e. The summed E-state index contributed by atoms with van der Waals surface area (Å²) in [5, 5.41) is 45.8. The van der Waals surface area contributed by atoms with Gasteiger partial charge in [0.25, 0.3) is 0 Å². The van der Waals surface area contributed by atoms with Crippen LogP contribution in [0.3, 0.4) is 0 Å². The molecule has 0 aromatic carbocycles. The van der Waals surface area contributed by atoms with E-state index in [-0.39, 0.29) is 54.4 Å². The molecule has 210 valence electrons. The Balaban J connectivity index is 1.20. The van der Waals surface area contributed by atoms with E-state index in [2.05, 4.69) is 19.9 Å². The number of esters is 1. The van der Waals surface area contributed by atoms with Crippen molar-refractivity contribution in [3.8, 4) is 0 Å². The minimum atomic E-state index is -1.91. The zero-order chi connectivity index (χ0) is 26.8. The maximum atomic E-state index is 12.4. The second-order valence-corrected chi connectivity index (χ2v) is 13.5. The Morgan fingerprint density at radius 3 is 2.55 bits per heavy atom. The van der Waals surface area contributed by atoms with Crippen molar-refractivity contribution in [3.05, 3.63) is 23.3 Å². The zero-order valence-corrected chi connectivity index (χ0v) is 22.3. The molecule has 4 aliphatic carbocycles. The molecular formula is C29H40O9. The summed E-state index contributed by atoms with van der Waals surface area (Å²) < 4.78 is 23.5. The van der Waals surface area contributed by atoms with Crippen LogP contribution < -0.4 is 0 Å². The first-order chi connectivity index (χ1) is 17.9. The van der Waals surface area contributed by atoms with Gasteiger partial charge in [-0.05, 0) is 74.2 Å². The largest absolute Gasteiger partial charge is 0.458 e. The third-order valence-electron chi connectivity index (χ3n) is 11.8. The fraction of sp³-hybridized carbons (Fsp3) is 0.828. The SMILES string of the molecule is CC1CC(O)C2(O)OC3CC4(C)C(=CCC5C4CCC4(C)C(C6=CC(=O)OC6)CC(O)C54O)CC3OC2O1. The molecule has 5 fully saturated rings. The summed E-state index contributed by atoms with van der Waals surface area (Å²) in [6, 6.07) is 0. The van der Waals surface area contributed by atoms with Gasteiger partial charge >= 0.3 is 5.97 Å². The van der Waals surface area contributed by atoms with Crippen LogP contribution in [0.5, 0.6) is 0 Å². The van der Waals surface area contributed by atoms with Crippen LogP contribution in [0.25, 0.3) is 0 Å². The Morgan fingerprint density at radius 2 is 1.82 bits per heavy atom. The number of hydrogen-bond acceptors (Lipinski definition) is 9. The Morgan fingerprint density at radius 1 is 1.03 bits per heavy atom. The van der Waals surface area contributed by atoms with Crippen LogP contribution in [0, 0.1) is 28.6 Å². The highest BCUT2D eigenvalue weighted by Crippen LogP contribution is 2.69. The van der Waals surface area contributed by atoms with Crippen LogP contribution in [-0.2, 0) is 23.7 Å². The van der Waals surface area contributed by atoms with Gasteiger partial charge in [-0.1, -0.05) is 25.5 Å². The molecule has 3 saturated carbocycles. The summed E-state index contributed by atoms with van der Waals surface area (Å²) in [4.78, 5) is 11.8. The lowest BCUT2D eigenvalue weighted by atomic mass is 9.45. The Labute approximate surface area is 222 Å². The van der Waals surface area contributed by atoms with Crippen LogP contribution in [0.1, 0.15) is 65.7 Å². The topological polar surface area (TPSA) is 135 Å². The van der Waals surface area contributed by atoms with Crippen LogP contribution >= 0.6 is 0 Å². The first kappa shape index (κ1) is 25.6. The quantitative estimate of drug-likeness (QED) is 0.294. The van der Waals surface area contributed by atoms with E-state index >= 15 is 0 Å². The maximum absolute atomic E-state index is 12.4. The molecule has 0 bridgehead atoms. The number of carbonyl (C=O) groups is 1. The molecule has 4 N–H and O–H groups in total. The number of aliphatic hydroxyl groups excluding tert-OH is 2. The standard InChI is InChI=1S/C29H40O9/c1-14-8-23(31)29(34)25(36-14)37-20-10-16-4-5-18-17(26(16,2)12-21(20)38-29)6-7-27(3)19(11-22(30)28(18,27)33)15-9-24(32)35-13-15/h4,9,14,17-23,25,30-31,33-34H,5-8,10-13H2,1-3H3. The summed E-state index contributed by atoms with van der Waals surface area (Å²) in [5.74, 6) is -2.42. The van der Waals surface area contributed by atoms with Crippen molar-refractivity contribution >= 4 is 5.97 Å². The van der Waals surface area contributed by atoms with Gasteiger partial charge in [0, 0.05) is 17.9 Å². The maximum Gasteiger partial charge on any atom is 0.331 e. The lowest BCUT2D eigenvalue weighted by Crippen LogP contribution is -2.70. The van der Waals surface area contributed by atoms with Crippen LogP contribution in [0.4, 0.5) is 0 Å². The van der Waals surface area contributed by atoms with E-state index in [1.165, 1.54) is 5.57 Å². The lowest BCUT2D eigenvalue weighted by molar-refractivity contribution is -0.454. The molecule has 13 unspecified atom stereocenters. The summed E-state index contributed by atoms with van der Waals surface area (Å²) in [7, 11) is 0. The number of ether oxygens (including phenoxy) is 4. The van der Waals surface area contributed by atoms with E-state index in [1.54, 1.807) is 6.08 Å². The molecule has 13 atom stereocenters. The number of cyclic esters (lactones) is 1.